The van der Waals surface area contributed by atoms with E-state index in [1.807, 2.05) is 30.3 Å². The van der Waals surface area contributed by atoms with E-state index < -0.39 is 11.2 Å². The van der Waals surface area contributed by atoms with Crippen molar-refractivity contribution in [2.24, 2.45) is 0 Å². The number of hydrogen-bond acceptors (Lipinski definition) is 5. The van der Waals surface area contributed by atoms with Gasteiger partial charge in [0, 0.05) is 0 Å². The van der Waals surface area contributed by atoms with Gasteiger partial charge in [-0.2, -0.15) is 0 Å². The van der Waals surface area contributed by atoms with E-state index in [4.69, 9.17) is 4.42 Å². The quantitative estimate of drug-likeness (QED) is 0.509. The molecule has 0 radical (unpaired) electrons. The van der Waals surface area contributed by atoms with Crippen LogP contribution in [-0.4, -0.2) is 24.5 Å². The fourth-order valence-corrected chi connectivity index (χ4v) is 3.20. The molecular weight excluding hydrogens is 360 g/mol. The molecular formula is C20H18N4O4. The SMILES string of the molecule is CC(=O)Cn1c(=O)c2c(ncn2Cc2ccco2)n(Cc2ccccc2)c1=O. The summed E-state index contributed by atoms with van der Waals surface area (Å²) in [7, 11) is 0. The van der Waals surface area contributed by atoms with Gasteiger partial charge in [-0.1, -0.05) is 30.3 Å². The summed E-state index contributed by atoms with van der Waals surface area (Å²) in [6.07, 6.45) is 3.06. The third-order valence-electron chi connectivity index (χ3n) is 4.45. The highest BCUT2D eigenvalue weighted by Crippen LogP contribution is 2.12. The molecule has 0 saturated heterocycles. The number of nitrogens with zero attached hydrogens (tertiary/aromatic N) is 4. The first-order valence-corrected chi connectivity index (χ1v) is 8.79. The first-order valence-electron chi connectivity index (χ1n) is 8.79. The zero-order chi connectivity index (χ0) is 19.7. The van der Waals surface area contributed by atoms with Crippen LogP contribution in [0.3, 0.4) is 0 Å². The van der Waals surface area contributed by atoms with Crippen LogP contribution in [0.25, 0.3) is 11.2 Å². The lowest BCUT2D eigenvalue weighted by atomic mass is 10.2. The summed E-state index contributed by atoms with van der Waals surface area (Å²) < 4.78 is 9.38. The summed E-state index contributed by atoms with van der Waals surface area (Å²) >= 11 is 0. The van der Waals surface area contributed by atoms with E-state index in [1.165, 1.54) is 17.8 Å². The van der Waals surface area contributed by atoms with Gasteiger partial charge in [-0.3, -0.25) is 18.7 Å². The largest absolute Gasteiger partial charge is 0.467 e. The maximum absolute atomic E-state index is 13.0. The van der Waals surface area contributed by atoms with Crippen LogP contribution in [0, 0.1) is 0 Å². The number of rotatable bonds is 6. The number of carbonyl (C=O) groups is 1. The zero-order valence-corrected chi connectivity index (χ0v) is 15.2. The van der Waals surface area contributed by atoms with Gasteiger partial charge in [0.2, 0.25) is 0 Å². The van der Waals surface area contributed by atoms with E-state index in [0.29, 0.717) is 12.3 Å². The van der Waals surface area contributed by atoms with Crippen LogP contribution in [-0.2, 0) is 24.4 Å². The van der Waals surface area contributed by atoms with Gasteiger partial charge < -0.3 is 8.98 Å². The predicted molar refractivity (Wildman–Crippen MR) is 102 cm³/mol. The second-order valence-electron chi connectivity index (χ2n) is 6.57. The highest BCUT2D eigenvalue weighted by molar-refractivity contribution is 5.76. The lowest BCUT2D eigenvalue weighted by Gasteiger charge is -2.12. The normalized spacial score (nSPS) is 11.2. The van der Waals surface area contributed by atoms with Crippen molar-refractivity contribution < 1.29 is 9.21 Å². The van der Waals surface area contributed by atoms with Crippen molar-refractivity contribution in [2.45, 2.75) is 26.6 Å². The van der Waals surface area contributed by atoms with Crippen molar-refractivity contribution in [2.75, 3.05) is 0 Å². The summed E-state index contributed by atoms with van der Waals surface area (Å²) in [5, 5.41) is 0. The highest BCUT2D eigenvalue weighted by atomic mass is 16.3. The minimum Gasteiger partial charge on any atom is -0.467 e. The Morgan fingerprint density at radius 1 is 1.04 bits per heavy atom. The summed E-state index contributed by atoms with van der Waals surface area (Å²) in [4.78, 5) is 42.0. The van der Waals surface area contributed by atoms with E-state index in [1.54, 1.807) is 23.0 Å². The lowest BCUT2D eigenvalue weighted by Crippen LogP contribution is -2.42. The molecule has 0 amide bonds. The number of imidazole rings is 1. The number of Topliss-reactive ketones (excluding diaryl/α,β-unsaturated/α-hetero) is 1. The van der Waals surface area contributed by atoms with Crippen LogP contribution < -0.4 is 11.2 Å². The van der Waals surface area contributed by atoms with Gasteiger partial charge in [0.25, 0.3) is 5.56 Å². The number of hydrogen-bond donors (Lipinski definition) is 0. The standard InChI is InChI=1S/C20H18N4O4/c1-14(25)10-24-19(26)17-18(21-13-22(17)12-16-8-5-9-28-16)23(20(24)27)11-15-6-3-2-4-7-15/h2-9,13H,10-12H2,1H3. The number of benzene rings is 1. The molecule has 3 heterocycles. The third kappa shape index (κ3) is 3.20. The molecule has 142 valence electrons. The van der Waals surface area contributed by atoms with Crippen molar-refractivity contribution in [3.05, 3.63) is 87.2 Å². The van der Waals surface area contributed by atoms with Crippen LogP contribution in [0.15, 0.2) is 69.1 Å². The maximum atomic E-state index is 13.0. The Balaban J connectivity index is 1.94. The number of ketones is 1. The van der Waals surface area contributed by atoms with Gasteiger partial charge in [-0.05, 0) is 24.6 Å². The lowest BCUT2D eigenvalue weighted by molar-refractivity contribution is -0.117. The van der Waals surface area contributed by atoms with E-state index in [9.17, 15) is 14.4 Å². The van der Waals surface area contributed by atoms with Crippen LogP contribution in [0.2, 0.25) is 0 Å². The van der Waals surface area contributed by atoms with Crippen molar-refractivity contribution >= 4 is 16.9 Å². The Hall–Kier alpha value is -3.68. The first-order chi connectivity index (χ1) is 13.5. The summed E-state index contributed by atoms with van der Waals surface area (Å²) in [6, 6.07) is 13.0. The first kappa shape index (κ1) is 17.7. The molecule has 0 saturated carbocycles. The molecule has 0 aliphatic carbocycles. The van der Waals surface area contributed by atoms with Gasteiger partial charge in [-0.25, -0.2) is 9.78 Å². The molecule has 0 spiro atoms. The highest BCUT2D eigenvalue weighted by Gasteiger charge is 2.19. The summed E-state index contributed by atoms with van der Waals surface area (Å²) in [5.41, 5.74) is 0.335. The van der Waals surface area contributed by atoms with Crippen LogP contribution >= 0.6 is 0 Å². The molecule has 8 nitrogen and oxygen atoms in total. The van der Waals surface area contributed by atoms with Gasteiger partial charge >= 0.3 is 5.69 Å². The maximum Gasteiger partial charge on any atom is 0.333 e. The topological polar surface area (TPSA) is 92.0 Å². The van der Waals surface area contributed by atoms with Crippen molar-refractivity contribution in [1.82, 2.24) is 18.7 Å². The van der Waals surface area contributed by atoms with E-state index in [-0.39, 0.29) is 30.0 Å². The molecule has 1 aromatic carbocycles. The number of carbonyl (C=O) groups excluding carboxylic acids is 1. The molecule has 0 unspecified atom stereocenters. The van der Waals surface area contributed by atoms with Crippen LogP contribution in [0.5, 0.6) is 0 Å². The summed E-state index contributed by atoms with van der Waals surface area (Å²) in [5.74, 6) is 0.375. The number of furan rings is 1. The van der Waals surface area contributed by atoms with Gasteiger partial charge in [0.1, 0.15) is 11.5 Å². The van der Waals surface area contributed by atoms with E-state index in [0.717, 1.165) is 10.1 Å². The molecule has 4 aromatic rings. The number of fused-ring (bicyclic) bond motifs is 1. The zero-order valence-electron chi connectivity index (χ0n) is 15.2. The monoisotopic (exact) mass is 378 g/mol. The van der Waals surface area contributed by atoms with Gasteiger partial charge in [0.15, 0.2) is 11.2 Å². The van der Waals surface area contributed by atoms with E-state index >= 15 is 0 Å². The Kier molecular flexibility index (Phi) is 4.52. The molecule has 0 fully saturated rings. The predicted octanol–water partition coefficient (Wildman–Crippen LogP) is 1.64. The second kappa shape index (κ2) is 7.15. The fraction of sp³-hybridized carbons (Fsp3) is 0.200. The second-order valence-corrected chi connectivity index (χ2v) is 6.57. The van der Waals surface area contributed by atoms with Crippen LogP contribution in [0.4, 0.5) is 0 Å². The number of aromatic nitrogens is 4. The van der Waals surface area contributed by atoms with Gasteiger partial charge in [-0.15, -0.1) is 0 Å². The molecule has 28 heavy (non-hydrogen) atoms. The van der Waals surface area contributed by atoms with Gasteiger partial charge in [0.05, 0.1) is 32.2 Å². The smallest absolute Gasteiger partial charge is 0.333 e. The van der Waals surface area contributed by atoms with Crippen molar-refractivity contribution in [3.8, 4) is 0 Å². The van der Waals surface area contributed by atoms with Crippen molar-refractivity contribution in [1.29, 1.82) is 0 Å². The average Bonchev–Trinajstić information content (AvgIpc) is 3.33. The molecule has 0 aliphatic heterocycles. The minimum absolute atomic E-state index is 0.242. The minimum atomic E-state index is -0.556. The average molecular weight is 378 g/mol. The Morgan fingerprint density at radius 3 is 2.50 bits per heavy atom. The Morgan fingerprint density at radius 2 is 1.82 bits per heavy atom. The molecule has 0 aliphatic rings. The Bertz CT molecular complexity index is 1250. The molecule has 4 rings (SSSR count). The molecule has 0 bridgehead atoms. The van der Waals surface area contributed by atoms with Crippen molar-refractivity contribution in [3.63, 3.8) is 0 Å². The molecule has 0 N–H and O–H groups in total. The molecule has 0 atom stereocenters. The molecule has 3 aromatic heterocycles. The Labute approximate surface area is 159 Å². The summed E-state index contributed by atoms with van der Waals surface area (Å²) in [6.45, 7) is 1.60. The van der Waals surface area contributed by atoms with E-state index in [2.05, 4.69) is 4.98 Å². The molecule has 8 heteroatoms. The van der Waals surface area contributed by atoms with Crippen LogP contribution in [0.1, 0.15) is 18.2 Å². The fourth-order valence-electron chi connectivity index (χ4n) is 3.20. The third-order valence-corrected chi connectivity index (χ3v) is 4.45.